The van der Waals surface area contributed by atoms with E-state index >= 15 is 0 Å². The van der Waals surface area contributed by atoms with Crippen LogP contribution in [-0.2, 0) is 19.4 Å². The minimum atomic E-state index is 0.0688. The van der Waals surface area contributed by atoms with Crippen LogP contribution in [0.1, 0.15) is 28.1 Å². The van der Waals surface area contributed by atoms with Crippen LogP contribution in [0.3, 0.4) is 0 Å². The van der Waals surface area contributed by atoms with Crippen molar-refractivity contribution in [1.82, 2.24) is 14.5 Å². The summed E-state index contributed by atoms with van der Waals surface area (Å²) in [5.74, 6) is 0. The fraction of sp³-hybridized carbons (Fsp3) is 0.250. The summed E-state index contributed by atoms with van der Waals surface area (Å²) in [5, 5.41) is 3.85. The van der Waals surface area contributed by atoms with Gasteiger partial charge in [-0.25, -0.2) is 9.97 Å². The van der Waals surface area contributed by atoms with Crippen LogP contribution in [-0.4, -0.2) is 14.5 Å². The molecule has 0 unspecified atom stereocenters. The Morgan fingerprint density at radius 2 is 2.04 bits per heavy atom. The molecule has 26 heavy (non-hydrogen) atoms. The number of nitrogens with zero attached hydrogens (tertiary/aromatic N) is 3. The number of thiophene rings is 1. The van der Waals surface area contributed by atoms with E-state index in [-0.39, 0.29) is 5.56 Å². The van der Waals surface area contributed by atoms with Crippen LogP contribution in [0.2, 0.25) is 0 Å². The molecule has 3 aromatic heterocycles. The summed E-state index contributed by atoms with van der Waals surface area (Å²) >= 11 is 3.29. The molecular weight excluding hydrogens is 362 g/mol. The fourth-order valence-electron chi connectivity index (χ4n) is 3.51. The Kier molecular flexibility index (Phi) is 3.76. The number of benzene rings is 1. The molecule has 0 radical (unpaired) electrons. The van der Waals surface area contributed by atoms with Gasteiger partial charge in [-0.15, -0.1) is 22.7 Å². The van der Waals surface area contributed by atoms with Gasteiger partial charge >= 0.3 is 0 Å². The molecule has 4 nitrogen and oxygen atoms in total. The van der Waals surface area contributed by atoms with Crippen molar-refractivity contribution in [3.63, 3.8) is 0 Å². The van der Waals surface area contributed by atoms with Crippen molar-refractivity contribution in [3.05, 3.63) is 68.0 Å². The van der Waals surface area contributed by atoms with Gasteiger partial charge in [0.1, 0.15) is 9.84 Å². The third kappa shape index (κ3) is 2.61. The molecule has 0 aliphatic heterocycles. The van der Waals surface area contributed by atoms with E-state index in [9.17, 15) is 4.79 Å². The average Bonchev–Trinajstić information content (AvgIpc) is 3.34. The van der Waals surface area contributed by atoms with E-state index in [1.165, 1.54) is 16.0 Å². The molecule has 0 N–H and O–H groups in total. The van der Waals surface area contributed by atoms with Crippen LogP contribution in [0.15, 0.2) is 40.8 Å². The number of hydrogen-bond donors (Lipinski definition) is 0. The predicted molar refractivity (Wildman–Crippen MR) is 107 cm³/mol. The van der Waals surface area contributed by atoms with Gasteiger partial charge in [-0.05, 0) is 31.7 Å². The minimum Gasteiger partial charge on any atom is -0.293 e. The van der Waals surface area contributed by atoms with Gasteiger partial charge in [0.15, 0.2) is 0 Å². The largest absolute Gasteiger partial charge is 0.293 e. The molecule has 0 bridgehead atoms. The molecule has 0 saturated heterocycles. The molecule has 0 atom stereocenters. The SMILES string of the molecule is Cc1ccc(-c2nc(Cn3cnc4sc5c(c4c3=O)CCC5)cs2)cc1. The average molecular weight is 380 g/mol. The molecule has 1 aliphatic rings. The lowest BCUT2D eigenvalue weighted by molar-refractivity contribution is 0.734. The molecule has 4 aromatic rings. The Bertz CT molecular complexity index is 1170. The first-order valence-corrected chi connectivity index (χ1v) is 10.4. The maximum absolute atomic E-state index is 13.0. The van der Waals surface area contributed by atoms with E-state index in [0.29, 0.717) is 6.54 Å². The van der Waals surface area contributed by atoms with E-state index < -0.39 is 0 Å². The Labute approximate surface area is 158 Å². The van der Waals surface area contributed by atoms with Crippen molar-refractivity contribution < 1.29 is 0 Å². The second kappa shape index (κ2) is 6.14. The van der Waals surface area contributed by atoms with Gasteiger partial charge in [-0.3, -0.25) is 9.36 Å². The van der Waals surface area contributed by atoms with Gasteiger partial charge in [0.2, 0.25) is 0 Å². The standard InChI is InChI=1S/C20H17N3OS2/c1-12-5-7-13(8-6-12)18-22-14(10-25-18)9-23-11-21-19-17(20(23)24)15-3-2-4-16(15)26-19/h5-8,10-11H,2-4,9H2,1H3. The summed E-state index contributed by atoms with van der Waals surface area (Å²) in [7, 11) is 0. The highest BCUT2D eigenvalue weighted by Gasteiger charge is 2.21. The summed E-state index contributed by atoms with van der Waals surface area (Å²) in [6, 6.07) is 8.37. The van der Waals surface area contributed by atoms with Crippen molar-refractivity contribution in [1.29, 1.82) is 0 Å². The topological polar surface area (TPSA) is 47.8 Å². The highest BCUT2D eigenvalue weighted by molar-refractivity contribution is 7.18. The van der Waals surface area contributed by atoms with Crippen LogP contribution < -0.4 is 5.56 Å². The van der Waals surface area contributed by atoms with E-state index in [2.05, 4.69) is 36.2 Å². The highest BCUT2D eigenvalue weighted by Crippen LogP contribution is 2.34. The van der Waals surface area contributed by atoms with Gasteiger partial charge < -0.3 is 0 Å². The zero-order valence-electron chi connectivity index (χ0n) is 14.4. The molecule has 1 aromatic carbocycles. The van der Waals surface area contributed by atoms with Gasteiger partial charge in [-0.1, -0.05) is 29.8 Å². The van der Waals surface area contributed by atoms with Crippen molar-refractivity contribution in [3.8, 4) is 10.6 Å². The highest BCUT2D eigenvalue weighted by atomic mass is 32.1. The van der Waals surface area contributed by atoms with Gasteiger partial charge in [0.25, 0.3) is 5.56 Å². The lowest BCUT2D eigenvalue weighted by atomic mass is 10.2. The Morgan fingerprint density at radius 3 is 2.88 bits per heavy atom. The molecular formula is C20H17N3OS2. The van der Waals surface area contributed by atoms with E-state index in [1.807, 2.05) is 5.38 Å². The van der Waals surface area contributed by atoms with Gasteiger partial charge in [0, 0.05) is 15.8 Å². The molecule has 6 heteroatoms. The molecule has 0 fully saturated rings. The summed E-state index contributed by atoms with van der Waals surface area (Å²) in [4.78, 5) is 24.5. The molecule has 0 saturated carbocycles. The molecule has 0 spiro atoms. The number of aromatic nitrogens is 3. The summed E-state index contributed by atoms with van der Waals surface area (Å²) in [5.41, 5.74) is 4.55. The van der Waals surface area contributed by atoms with E-state index in [4.69, 9.17) is 4.98 Å². The third-order valence-corrected chi connectivity index (χ3v) is 7.01. The minimum absolute atomic E-state index is 0.0688. The van der Waals surface area contributed by atoms with Crippen LogP contribution in [0.25, 0.3) is 20.8 Å². The van der Waals surface area contributed by atoms with Crippen molar-refractivity contribution >= 4 is 32.9 Å². The first kappa shape index (κ1) is 15.9. The summed E-state index contributed by atoms with van der Waals surface area (Å²) < 4.78 is 1.70. The van der Waals surface area contributed by atoms with Crippen molar-refractivity contribution in [2.24, 2.45) is 0 Å². The smallest absolute Gasteiger partial charge is 0.262 e. The zero-order valence-corrected chi connectivity index (χ0v) is 16.0. The number of fused-ring (bicyclic) bond motifs is 3. The first-order chi connectivity index (χ1) is 12.7. The van der Waals surface area contributed by atoms with Crippen LogP contribution in [0, 0.1) is 6.92 Å². The number of rotatable bonds is 3. The van der Waals surface area contributed by atoms with Crippen LogP contribution >= 0.6 is 22.7 Å². The van der Waals surface area contributed by atoms with Gasteiger partial charge in [0.05, 0.1) is 24.0 Å². The van der Waals surface area contributed by atoms with Crippen molar-refractivity contribution in [2.45, 2.75) is 32.7 Å². The maximum Gasteiger partial charge on any atom is 0.262 e. The summed E-state index contributed by atoms with van der Waals surface area (Å²) in [6.45, 7) is 2.54. The Morgan fingerprint density at radius 1 is 1.19 bits per heavy atom. The Hall–Kier alpha value is -2.31. The second-order valence-corrected chi connectivity index (χ2v) is 8.67. The van der Waals surface area contributed by atoms with Crippen LogP contribution in [0.4, 0.5) is 0 Å². The third-order valence-electron chi connectivity index (χ3n) is 4.87. The molecule has 1 aliphatic carbocycles. The van der Waals surface area contributed by atoms with E-state index in [0.717, 1.165) is 45.7 Å². The van der Waals surface area contributed by atoms with E-state index in [1.54, 1.807) is 33.6 Å². The monoisotopic (exact) mass is 379 g/mol. The quantitative estimate of drug-likeness (QED) is 0.529. The van der Waals surface area contributed by atoms with Crippen molar-refractivity contribution in [2.75, 3.05) is 0 Å². The fourth-order valence-corrected chi connectivity index (χ4v) is 5.55. The van der Waals surface area contributed by atoms with Gasteiger partial charge in [-0.2, -0.15) is 0 Å². The second-order valence-electron chi connectivity index (χ2n) is 6.73. The molecule has 3 heterocycles. The number of aryl methyl sites for hydroxylation is 3. The predicted octanol–water partition coefficient (Wildman–Crippen LogP) is 4.43. The van der Waals surface area contributed by atoms with Crippen LogP contribution in [0.5, 0.6) is 0 Å². The lowest BCUT2D eigenvalue weighted by Gasteiger charge is -2.03. The number of hydrogen-bond acceptors (Lipinski definition) is 5. The normalized spacial score (nSPS) is 13.4. The maximum atomic E-state index is 13.0. The molecule has 130 valence electrons. The Balaban J connectivity index is 1.49. The molecule has 0 amide bonds. The molecule has 5 rings (SSSR count). The summed E-state index contributed by atoms with van der Waals surface area (Å²) in [6.07, 6.45) is 4.91. The lowest BCUT2D eigenvalue weighted by Crippen LogP contribution is -2.21. The number of thiazole rings is 1. The first-order valence-electron chi connectivity index (χ1n) is 8.70. The zero-order chi connectivity index (χ0) is 17.7.